The van der Waals surface area contributed by atoms with Gasteiger partial charge in [0, 0.05) is 17.5 Å². The van der Waals surface area contributed by atoms with Crippen LogP contribution in [-0.4, -0.2) is 22.1 Å². The van der Waals surface area contributed by atoms with Gasteiger partial charge in [0.2, 0.25) is 0 Å². The summed E-state index contributed by atoms with van der Waals surface area (Å²) in [6.45, 7) is 1.94. The second kappa shape index (κ2) is 5.71. The van der Waals surface area contributed by atoms with Crippen molar-refractivity contribution in [1.82, 2.24) is 15.0 Å². The van der Waals surface area contributed by atoms with Crippen LogP contribution in [0.5, 0.6) is 5.75 Å². The molecule has 104 valence electrons. The number of benzene rings is 1. The van der Waals surface area contributed by atoms with Crippen molar-refractivity contribution in [2.75, 3.05) is 7.11 Å². The molecular weight excluding hydrogens is 262 g/mol. The van der Waals surface area contributed by atoms with E-state index in [0.717, 1.165) is 28.4 Å². The molecule has 0 amide bonds. The van der Waals surface area contributed by atoms with E-state index in [-0.39, 0.29) is 0 Å². The van der Waals surface area contributed by atoms with E-state index in [4.69, 9.17) is 4.74 Å². The van der Waals surface area contributed by atoms with Crippen molar-refractivity contribution in [1.29, 1.82) is 0 Å². The first-order valence-electron chi connectivity index (χ1n) is 6.68. The summed E-state index contributed by atoms with van der Waals surface area (Å²) in [5.41, 5.74) is 3.47. The molecule has 0 fully saturated rings. The van der Waals surface area contributed by atoms with Gasteiger partial charge in [0.05, 0.1) is 12.8 Å². The van der Waals surface area contributed by atoms with Crippen LogP contribution >= 0.6 is 0 Å². The summed E-state index contributed by atoms with van der Waals surface area (Å²) in [6.07, 6.45) is 1.75. The van der Waals surface area contributed by atoms with Crippen LogP contribution in [0.1, 0.15) is 5.69 Å². The lowest BCUT2D eigenvalue weighted by molar-refractivity contribution is 0.416. The fraction of sp³-hybridized carbons (Fsp3) is 0.118. The number of nitrogens with zero attached hydrogens (tertiary/aromatic N) is 3. The summed E-state index contributed by atoms with van der Waals surface area (Å²) in [5.74, 6) is 1.43. The zero-order valence-electron chi connectivity index (χ0n) is 11.9. The lowest BCUT2D eigenvalue weighted by Gasteiger charge is -2.08. The molecule has 0 bridgehead atoms. The van der Waals surface area contributed by atoms with Crippen molar-refractivity contribution in [3.05, 3.63) is 60.4 Å². The second-order valence-electron chi connectivity index (χ2n) is 4.63. The zero-order chi connectivity index (χ0) is 14.7. The molecule has 0 aliphatic heterocycles. The summed E-state index contributed by atoms with van der Waals surface area (Å²) >= 11 is 0. The third kappa shape index (κ3) is 2.74. The molecular formula is C17H15N3O. The van der Waals surface area contributed by atoms with Gasteiger partial charge in [-0.1, -0.05) is 18.2 Å². The average Bonchev–Trinajstić information content (AvgIpc) is 2.55. The van der Waals surface area contributed by atoms with Crippen molar-refractivity contribution in [3.63, 3.8) is 0 Å². The van der Waals surface area contributed by atoms with E-state index in [1.165, 1.54) is 0 Å². The van der Waals surface area contributed by atoms with Gasteiger partial charge in [-0.25, -0.2) is 15.0 Å². The van der Waals surface area contributed by atoms with E-state index >= 15 is 0 Å². The zero-order valence-corrected chi connectivity index (χ0v) is 11.9. The van der Waals surface area contributed by atoms with Crippen molar-refractivity contribution >= 4 is 0 Å². The molecule has 2 heterocycles. The number of pyridine rings is 1. The maximum atomic E-state index is 5.39. The molecule has 3 aromatic rings. The van der Waals surface area contributed by atoms with Gasteiger partial charge in [-0.05, 0) is 37.3 Å². The van der Waals surface area contributed by atoms with Crippen LogP contribution in [0.15, 0.2) is 54.7 Å². The molecule has 0 saturated carbocycles. The van der Waals surface area contributed by atoms with Crippen molar-refractivity contribution in [2.45, 2.75) is 6.92 Å². The summed E-state index contributed by atoms with van der Waals surface area (Å²) in [6, 6.07) is 15.5. The summed E-state index contributed by atoms with van der Waals surface area (Å²) in [5, 5.41) is 0. The smallest absolute Gasteiger partial charge is 0.178 e. The molecule has 4 heteroatoms. The molecule has 21 heavy (non-hydrogen) atoms. The SMILES string of the molecule is COc1ccccc1-c1cccc(-c2nccc(C)n2)n1. The number of aromatic nitrogens is 3. The standard InChI is InChI=1S/C17H15N3O/c1-12-10-11-18-17(19-12)15-8-5-7-14(20-15)13-6-3-4-9-16(13)21-2/h3-11H,1-2H3. The first kappa shape index (κ1) is 13.2. The minimum absolute atomic E-state index is 0.631. The topological polar surface area (TPSA) is 47.9 Å². The average molecular weight is 277 g/mol. The molecule has 0 saturated heterocycles. The number of methoxy groups -OCH3 is 1. The summed E-state index contributed by atoms with van der Waals surface area (Å²) in [4.78, 5) is 13.4. The Balaban J connectivity index is 2.08. The molecule has 0 unspecified atom stereocenters. The molecule has 2 aromatic heterocycles. The Kier molecular flexibility index (Phi) is 3.60. The molecule has 0 N–H and O–H groups in total. The van der Waals surface area contributed by atoms with Crippen LogP contribution in [0.3, 0.4) is 0 Å². The first-order valence-corrected chi connectivity index (χ1v) is 6.68. The summed E-state index contributed by atoms with van der Waals surface area (Å²) < 4.78 is 5.39. The van der Waals surface area contributed by atoms with Crippen LogP contribution in [0.25, 0.3) is 22.8 Å². The first-order chi connectivity index (χ1) is 10.3. The molecule has 0 radical (unpaired) electrons. The minimum atomic E-state index is 0.631. The van der Waals surface area contributed by atoms with E-state index in [1.54, 1.807) is 13.3 Å². The number of hydrogen-bond donors (Lipinski definition) is 0. The normalized spacial score (nSPS) is 10.4. The third-order valence-electron chi connectivity index (χ3n) is 3.16. The van der Waals surface area contributed by atoms with E-state index < -0.39 is 0 Å². The monoisotopic (exact) mass is 277 g/mol. The Morgan fingerprint density at radius 3 is 2.48 bits per heavy atom. The highest BCUT2D eigenvalue weighted by Crippen LogP contribution is 2.29. The molecule has 4 nitrogen and oxygen atoms in total. The maximum absolute atomic E-state index is 5.39. The highest BCUT2D eigenvalue weighted by molar-refractivity contribution is 5.69. The highest BCUT2D eigenvalue weighted by atomic mass is 16.5. The molecule has 0 atom stereocenters. The van der Waals surface area contributed by atoms with Crippen molar-refractivity contribution in [2.24, 2.45) is 0 Å². The predicted molar refractivity (Wildman–Crippen MR) is 82.0 cm³/mol. The Labute approximate surface area is 123 Å². The molecule has 0 aliphatic rings. The third-order valence-corrected chi connectivity index (χ3v) is 3.16. The Morgan fingerprint density at radius 2 is 1.67 bits per heavy atom. The van der Waals surface area contributed by atoms with Crippen LogP contribution in [0.2, 0.25) is 0 Å². The van der Waals surface area contributed by atoms with Gasteiger partial charge >= 0.3 is 0 Å². The lowest BCUT2D eigenvalue weighted by atomic mass is 10.1. The Morgan fingerprint density at radius 1 is 0.857 bits per heavy atom. The van der Waals surface area contributed by atoms with Crippen LogP contribution in [0, 0.1) is 6.92 Å². The van der Waals surface area contributed by atoms with E-state index in [9.17, 15) is 0 Å². The fourth-order valence-electron chi connectivity index (χ4n) is 2.14. The van der Waals surface area contributed by atoms with Crippen molar-refractivity contribution in [3.8, 4) is 28.5 Å². The van der Waals surface area contributed by atoms with E-state index in [0.29, 0.717) is 5.82 Å². The maximum Gasteiger partial charge on any atom is 0.178 e. The fourth-order valence-corrected chi connectivity index (χ4v) is 2.14. The molecule has 0 spiro atoms. The predicted octanol–water partition coefficient (Wildman–Crippen LogP) is 3.52. The van der Waals surface area contributed by atoms with Gasteiger partial charge in [-0.15, -0.1) is 0 Å². The quantitative estimate of drug-likeness (QED) is 0.735. The second-order valence-corrected chi connectivity index (χ2v) is 4.63. The Bertz CT molecular complexity index is 771. The van der Waals surface area contributed by atoms with Gasteiger partial charge in [-0.2, -0.15) is 0 Å². The number of rotatable bonds is 3. The number of para-hydroxylation sites is 1. The van der Waals surface area contributed by atoms with E-state index in [1.807, 2.05) is 55.5 Å². The van der Waals surface area contributed by atoms with Gasteiger partial charge in [0.1, 0.15) is 11.4 Å². The molecule has 3 rings (SSSR count). The van der Waals surface area contributed by atoms with E-state index in [2.05, 4.69) is 15.0 Å². The van der Waals surface area contributed by atoms with Crippen LogP contribution in [-0.2, 0) is 0 Å². The largest absolute Gasteiger partial charge is 0.496 e. The lowest BCUT2D eigenvalue weighted by Crippen LogP contribution is -1.95. The van der Waals surface area contributed by atoms with Crippen LogP contribution < -0.4 is 4.74 Å². The van der Waals surface area contributed by atoms with Gasteiger partial charge in [-0.3, -0.25) is 0 Å². The summed E-state index contributed by atoms with van der Waals surface area (Å²) in [7, 11) is 1.66. The molecule has 0 aliphatic carbocycles. The molecule has 1 aromatic carbocycles. The van der Waals surface area contributed by atoms with Gasteiger partial charge < -0.3 is 4.74 Å². The highest BCUT2D eigenvalue weighted by Gasteiger charge is 2.09. The van der Waals surface area contributed by atoms with Gasteiger partial charge in [0.15, 0.2) is 5.82 Å². The van der Waals surface area contributed by atoms with Crippen molar-refractivity contribution < 1.29 is 4.74 Å². The van der Waals surface area contributed by atoms with Gasteiger partial charge in [0.25, 0.3) is 0 Å². The number of aryl methyl sites for hydroxylation is 1. The number of ether oxygens (including phenoxy) is 1. The number of hydrogen-bond acceptors (Lipinski definition) is 4. The minimum Gasteiger partial charge on any atom is -0.496 e. The van der Waals surface area contributed by atoms with Crippen LogP contribution in [0.4, 0.5) is 0 Å². The Hall–Kier alpha value is -2.75.